The molecule has 0 bridgehead atoms. The summed E-state index contributed by atoms with van der Waals surface area (Å²) in [6.07, 6.45) is 1.10. The Labute approximate surface area is 137 Å². The van der Waals surface area contributed by atoms with Crippen LogP contribution in [-0.4, -0.2) is 13.2 Å². The van der Waals surface area contributed by atoms with Crippen molar-refractivity contribution in [3.63, 3.8) is 0 Å². The van der Waals surface area contributed by atoms with E-state index >= 15 is 0 Å². The van der Waals surface area contributed by atoms with E-state index in [0.29, 0.717) is 16.8 Å². The average Bonchev–Trinajstić information content (AvgIpc) is 2.93. The maximum atomic E-state index is 6.13. The van der Waals surface area contributed by atoms with E-state index in [1.54, 1.807) is 7.11 Å². The highest BCUT2D eigenvalue weighted by Crippen LogP contribution is 2.31. The molecule has 0 aliphatic heterocycles. The van der Waals surface area contributed by atoms with Crippen molar-refractivity contribution < 1.29 is 21.6 Å². The second-order valence-electron chi connectivity index (χ2n) is 4.81. The summed E-state index contributed by atoms with van der Waals surface area (Å²) in [6, 6.07) is 10.1. The van der Waals surface area contributed by atoms with Crippen LogP contribution in [0.15, 0.2) is 34.7 Å². The van der Waals surface area contributed by atoms with Crippen molar-refractivity contribution in [2.45, 2.75) is 32.9 Å². The summed E-state index contributed by atoms with van der Waals surface area (Å²) in [5, 5.41) is 3.99. The van der Waals surface area contributed by atoms with Gasteiger partial charge in [0.15, 0.2) is 0 Å². The fourth-order valence-electron chi connectivity index (χ4n) is 1.87. The Morgan fingerprint density at radius 2 is 2.05 bits per heavy atom. The second kappa shape index (κ2) is 8.32. The molecule has 1 aromatic heterocycles. The number of benzene rings is 1. The van der Waals surface area contributed by atoms with Crippen molar-refractivity contribution in [1.29, 1.82) is 0 Å². The van der Waals surface area contributed by atoms with Gasteiger partial charge >= 0.3 is 0 Å². The predicted molar refractivity (Wildman–Crippen MR) is 82.3 cm³/mol. The summed E-state index contributed by atoms with van der Waals surface area (Å²) in [4.78, 5) is 0. The number of ether oxygens (including phenoxy) is 1. The predicted octanol–water partition coefficient (Wildman–Crippen LogP) is 1.50. The van der Waals surface area contributed by atoms with Crippen LogP contribution in [0.4, 0.5) is 0 Å². The van der Waals surface area contributed by atoms with Gasteiger partial charge in [-0.15, -0.1) is 0 Å². The highest BCUT2D eigenvalue weighted by atomic mass is 35.5. The van der Waals surface area contributed by atoms with Gasteiger partial charge < -0.3 is 26.9 Å². The fourth-order valence-corrected chi connectivity index (χ4v) is 2.12. The third-order valence-corrected chi connectivity index (χ3v) is 3.63. The SMILES string of the molecule is CCC(C)NCc1ccc(-c2ccc(OC)c(Cl)c2)o1.[Cl-]. The van der Waals surface area contributed by atoms with E-state index in [4.69, 9.17) is 20.8 Å². The molecule has 0 aliphatic rings. The Morgan fingerprint density at radius 3 is 2.67 bits per heavy atom. The molecule has 0 radical (unpaired) electrons. The van der Waals surface area contributed by atoms with Crippen molar-refractivity contribution >= 4 is 11.6 Å². The molecule has 1 N–H and O–H groups in total. The van der Waals surface area contributed by atoms with Gasteiger partial charge in [0.1, 0.15) is 17.3 Å². The van der Waals surface area contributed by atoms with E-state index in [9.17, 15) is 0 Å². The van der Waals surface area contributed by atoms with Crippen LogP contribution in [0.5, 0.6) is 5.75 Å². The van der Waals surface area contributed by atoms with E-state index in [2.05, 4.69) is 19.2 Å². The van der Waals surface area contributed by atoms with E-state index in [1.165, 1.54) is 0 Å². The molecular weight excluding hydrogens is 309 g/mol. The first-order chi connectivity index (χ1) is 9.63. The van der Waals surface area contributed by atoms with Crippen LogP contribution in [0, 0.1) is 0 Å². The highest BCUT2D eigenvalue weighted by Gasteiger charge is 2.08. The lowest BCUT2D eigenvalue weighted by Crippen LogP contribution is -3.00. The molecule has 0 saturated heterocycles. The summed E-state index contributed by atoms with van der Waals surface area (Å²) in [6.45, 7) is 5.05. The van der Waals surface area contributed by atoms with Crippen LogP contribution in [0.25, 0.3) is 11.3 Å². The van der Waals surface area contributed by atoms with E-state index < -0.39 is 0 Å². The first-order valence-corrected chi connectivity index (χ1v) is 7.17. The molecule has 0 amide bonds. The van der Waals surface area contributed by atoms with Crippen LogP contribution < -0.4 is 22.5 Å². The Kier molecular flexibility index (Phi) is 7.09. The molecule has 1 atom stereocenters. The van der Waals surface area contributed by atoms with Crippen molar-refractivity contribution in [3.8, 4) is 17.1 Å². The zero-order valence-corrected chi connectivity index (χ0v) is 14.0. The number of hydrogen-bond acceptors (Lipinski definition) is 3. The number of furan rings is 1. The first-order valence-electron chi connectivity index (χ1n) is 6.80. The molecule has 1 heterocycles. The minimum absolute atomic E-state index is 0. The van der Waals surface area contributed by atoms with E-state index in [-0.39, 0.29) is 12.4 Å². The largest absolute Gasteiger partial charge is 1.00 e. The maximum Gasteiger partial charge on any atom is 0.137 e. The zero-order chi connectivity index (χ0) is 14.5. The van der Waals surface area contributed by atoms with Gasteiger partial charge in [-0.05, 0) is 43.7 Å². The topological polar surface area (TPSA) is 34.4 Å². The van der Waals surface area contributed by atoms with Gasteiger partial charge in [-0.25, -0.2) is 0 Å². The van der Waals surface area contributed by atoms with Crippen molar-refractivity contribution in [3.05, 3.63) is 41.1 Å². The molecule has 116 valence electrons. The lowest BCUT2D eigenvalue weighted by molar-refractivity contribution is -0.00000502. The molecule has 1 aromatic carbocycles. The lowest BCUT2D eigenvalue weighted by Gasteiger charge is -2.09. The fraction of sp³-hybridized carbons (Fsp3) is 0.375. The Morgan fingerprint density at radius 1 is 1.29 bits per heavy atom. The molecule has 0 spiro atoms. The molecule has 0 aliphatic carbocycles. The summed E-state index contributed by atoms with van der Waals surface area (Å²) < 4.78 is 11.0. The first kappa shape index (κ1) is 17.9. The molecule has 0 saturated carbocycles. The third-order valence-electron chi connectivity index (χ3n) is 3.34. The molecule has 2 aromatic rings. The van der Waals surface area contributed by atoms with Crippen LogP contribution in [-0.2, 0) is 6.54 Å². The van der Waals surface area contributed by atoms with Gasteiger partial charge in [-0.2, -0.15) is 0 Å². The van der Waals surface area contributed by atoms with Gasteiger partial charge in [0.2, 0.25) is 0 Å². The maximum absolute atomic E-state index is 6.13. The monoisotopic (exact) mass is 328 g/mol. The normalized spacial score (nSPS) is 11.8. The molecule has 21 heavy (non-hydrogen) atoms. The standard InChI is InChI=1S/C16H20ClNO2.ClH/c1-4-11(2)18-10-13-6-8-15(20-13)12-5-7-16(19-3)14(17)9-12;/h5-9,11,18H,4,10H2,1-3H3;1H/p-1. The number of hydrogen-bond donors (Lipinski definition) is 1. The lowest BCUT2D eigenvalue weighted by atomic mass is 10.2. The number of nitrogens with one attached hydrogen (secondary N) is 1. The van der Waals surface area contributed by atoms with E-state index in [1.807, 2.05) is 30.3 Å². The van der Waals surface area contributed by atoms with Gasteiger partial charge in [-0.3, -0.25) is 0 Å². The van der Waals surface area contributed by atoms with Crippen LogP contribution in [0.2, 0.25) is 5.02 Å². The van der Waals surface area contributed by atoms with Crippen molar-refractivity contribution in [2.24, 2.45) is 0 Å². The molecule has 0 fully saturated rings. The van der Waals surface area contributed by atoms with Gasteiger partial charge in [0.05, 0.1) is 18.7 Å². The van der Waals surface area contributed by atoms with E-state index in [0.717, 1.165) is 30.0 Å². The quantitative estimate of drug-likeness (QED) is 0.872. The van der Waals surface area contributed by atoms with Crippen LogP contribution >= 0.6 is 11.6 Å². The number of halogens is 2. The summed E-state index contributed by atoms with van der Waals surface area (Å²) in [5.41, 5.74) is 0.950. The zero-order valence-electron chi connectivity index (χ0n) is 12.5. The van der Waals surface area contributed by atoms with Gasteiger partial charge in [0.25, 0.3) is 0 Å². The molecule has 1 unspecified atom stereocenters. The molecule has 3 nitrogen and oxygen atoms in total. The number of rotatable bonds is 6. The molecule has 2 rings (SSSR count). The highest BCUT2D eigenvalue weighted by molar-refractivity contribution is 6.32. The molecule has 5 heteroatoms. The minimum atomic E-state index is 0. The van der Waals surface area contributed by atoms with Gasteiger partial charge in [0, 0.05) is 11.6 Å². The molecular formula is C16H20Cl2NO2-. The number of methoxy groups -OCH3 is 1. The van der Waals surface area contributed by atoms with Crippen molar-refractivity contribution in [1.82, 2.24) is 5.32 Å². The second-order valence-corrected chi connectivity index (χ2v) is 5.21. The third kappa shape index (κ3) is 4.67. The Balaban J connectivity index is 0.00000220. The van der Waals surface area contributed by atoms with Crippen molar-refractivity contribution in [2.75, 3.05) is 7.11 Å². The smallest absolute Gasteiger partial charge is 0.137 e. The Bertz CT molecular complexity index is 569. The Hall–Kier alpha value is -1.16. The summed E-state index contributed by atoms with van der Waals surface area (Å²) in [7, 11) is 1.60. The summed E-state index contributed by atoms with van der Waals surface area (Å²) >= 11 is 6.13. The average molecular weight is 329 g/mol. The minimum Gasteiger partial charge on any atom is -1.00 e. The van der Waals surface area contributed by atoms with Crippen LogP contribution in [0.3, 0.4) is 0 Å². The summed E-state index contributed by atoms with van der Waals surface area (Å²) in [5.74, 6) is 2.41. The van der Waals surface area contributed by atoms with Crippen LogP contribution in [0.1, 0.15) is 26.0 Å². The van der Waals surface area contributed by atoms with Gasteiger partial charge in [-0.1, -0.05) is 18.5 Å².